The van der Waals surface area contributed by atoms with E-state index in [1.54, 1.807) is 39.0 Å². The lowest BCUT2D eigenvalue weighted by Gasteiger charge is -2.25. The highest BCUT2D eigenvalue weighted by molar-refractivity contribution is 7.89. The molecule has 0 saturated carbocycles. The Bertz CT molecular complexity index is 1080. The Morgan fingerprint density at radius 1 is 1.31 bits per heavy atom. The standard InChI is InChI=1S/C19H22N4O5S/c1-11-8-14-15(28-13(3)19(25)21-14)9-16(11)29(26,27)23(4)10-18(24)22-17-7-5-6-12(2)20-17/h5-9,13H,10H2,1-4H3,(H,21,25)(H,20,22,24)/t13-/m0/s1. The lowest BCUT2D eigenvalue weighted by molar-refractivity contribution is -0.122. The van der Waals surface area contributed by atoms with Crippen LogP contribution in [0.2, 0.25) is 0 Å². The predicted molar refractivity (Wildman–Crippen MR) is 107 cm³/mol. The molecule has 2 amide bonds. The van der Waals surface area contributed by atoms with E-state index in [-0.39, 0.29) is 23.1 Å². The molecule has 2 heterocycles. The first kappa shape index (κ1) is 20.7. The number of pyridine rings is 1. The van der Waals surface area contributed by atoms with Gasteiger partial charge in [0.05, 0.1) is 17.1 Å². The number of hydrogen-bond acceptors (Lipinski definition) is 6. The van der Waals surface area contributed by atoms with Crippen LogP contribution < -0.4 is 15.4 Å². The van der Waals surface area contributed by atoms with Gasteiger partial charge in [0, 0.05) is 18.8 Å². The third-order valence-corrected chi connectivity index (χ3v) is 6.36. The van der Waals surface area contributed by atoms with Crippen LogP contribution in [0.15, 0.2) is 35.2 Å². The zero-order valence-corrected chi connectivity index (χ0v) is 17.3. The van der Waals surface area contributed by atoms with Crippen molar-refractivity contribution in [2.45, 2.75) is 31.8 Å². The van der Waals surface area contributed by atoms with Gasteiger partial charge in [-0.05, 0) is 44.5 Å². The summed E-state index contributed by atoms with van der Waals surface area (Å²) in [4.78, 5) is 28.2. The molecule has 1 aromatic carbocycles. The lowest BCUT2D eigenvalue weighted by Crippen LogP contribution is -2.36. The number of ether oxygens (including phenoxy) is 1. The van der Waals surface area contributed by atoms with Gasteiger partial charge in [-0.15, -0.1) is 0 Å². The van der Waals surface area contributed by atoms with Crippen LogP contribution >= 0.6 is 0 Å². The quantitative estimate of drug-likeness (QED) is 0.763. The largest absolute Gasteiger partial charge is 0.479 e. The Hall–Kier alpha value is -2.98. The van der Waals surface area contributed by atoms with Gasteiger partial charge < -0.3 is 15.4 Å². The van der Waals surface area contributed by atoms with Crippen molar-refractivity contribution in [2.75, 3.05) is 24.2 Å². The number of nitrogens with zero attached hydrogens (tertiary/aromatic N) is 2. The Kier molecular flexibility index (Phi) is 5.58. The SMILES string of the molecule is Cc1cccc(NC(=O)CN(C)S(=O)(=O)c2cc3c(cc2C)NC(=O)[C@H](C)O3)n1. The van der Waals surface area contributed by atoms with Gasteiger partial charge >= 0.3 is 0 Å². The summed E-state index contributed by atoms with van der Waals surface area (Å²) in [6.45, 7) is 4.59. The fourth-order valence-electron chi connectivity index (χ4n) is 2.87. The molecule has 2 aromatic rings. The Labute approximate surface area is 169 Å². The minimum atomic E-state index is -3.97. The normalized spacial score (nSPS) is 16.0. The van der Waals surface area contributed by atoms with Gasteiger partial charge in [-0.3, -0.25) is 9.59 Å². The van der Waals surface area contributed by atoms with E-state index >= 15 is 0 Å². The summed E-state index contributed by atoms with van der Waals surface area (Å²) < 4.78 is 32.5. The summed E-state index contributed by atoms with van der Waals surface area (Å²) in [5.41, 5.74) is 1.57. The van der Waals surface area contributed by atoms with Crippen LogP contribution in [0.1, 0.15) is 18.2 Å². The zero-order valence-electron chi connectivity index (χ0n) is 16.5. The minimum absolute atomic E-state index is 0.00331. The van der Waals surface area contributed by atoms with E-state index in [1.165, 1.54) is 19.2 Å². The van der Waals surface area contributed by atoms with Gasteiger partial charge in [-0.2, -0.15) is 4.31 Å². The molecule has 1 aliphatic rings. The van der Waals surface area contributed by atoms with Crippen molar-refractivity contribution in [1.29, 1.82) is 0 Å². The molecule has 0 bridgehead atoms. The second kappa shape index (κ2) is 7.80. The number of carbonyl (C=O) groups is 2. The van der Waals surface area contributed by atoms with Gasteiger partial charge in [0.1, 0.15) is 11.6 Å². The number of rotatable bonds is 5. The van der Waals surface area contributed by atoms with Crippen molar-refractivity contribution in [3.8, 4) is 5.75 Å². The molecule has 1 atom stereocenters. The molecular formula is C19H22N4O5S. The van der Waals surface area contributed by atoms with Gasteiger partial charge in [0.15, 0.2) is 6.10 Å². The third-order valence-electron chi connectivity index (χ3n) is 4.42. The van der Waals surface area contributed by atoms with Crippen LogP contribution in [0.25, 0.3) is 0 Å². The van der Waals surface area contributed by atoms with E-state index in [2.05, 4.69) is 15.6 Å². The van der Waals surface area contributed by atoms with Crippen LogP contribution in [0.3, 0.4) is 0 Å². The highest BCUT2D eigenvalue weighted by Crippen LogP contribution is 2.35. The number of benzene rings is 1. The summed E-state index contributed by atoms with van der Waals surface area (Å²) in [7, 11) is -2.65. The van der Waals surface area contributed by atoms with Crippen molar-refractivity contribution < 1.29 is 22.7 Å². The molecule has 10 heteroatoms. The second-order valence-electron chi connectivity index (χ2n) is 6.84. The molecule has 0 radical (unpaired) electrons. The fourth-order valence-corrected chi connectivity index (χ4v) is 4.22. The highest BCUT2D eigenvalue weighted by atomic mass is 32.2. The van der Waals surface area contributed by atoms with Gasteiger partial charge in [0.25, 0.3) is 5.91 Å². The molecule has 1 aliphatic heterocycles. The van der Waals surface area contributed by atoms with Crippen LogP contribution in [-0.4, -0.2) is 49.2 Å². The van der Waals surface area contributed by atoms with Crippen LogP contribution in [-0.2, 0) is 19.6 Å². The smallest absolute Gasteiger partial charge is 0.265 e. The number of anilines is 2. The lowest BCUT2D eigenvalue weighted by atomic mass is 10.1. The first-order valence-corrected chi connectivity index (χ1v) is 10.3. The third kappa shape index (κ3) is 4.38. The zero-order chi connectivity index (χ0) is 21.3. The van der Waals surface area contributed by atoms with E-state index in [9.17, 15) is 18.0 Å². The van der Waals surface area contributed by atoms with Crippen LogP contribution in [0, 0.1) is 13.8 Å². The van der Waals surface area contributed by atoms with Crippen molar-refractivity contribution >= 4 is 33.3 Å². The molecule has 3 rings (SSSR count). The number of carbonyl (C=O) groups excluding carboxylic acids is 2. The average Bonchev–Trinajstić information content (AvgIpc) is 2.62. The van der Waals surface area contributed by atoms with Crippen LogP contribution in [0.5, 0.6) is 5.75 Å². The Morgan fingerprint density at radius 3 is 2.72 bits per heavy atom. The maximum Gasteiger partial charge on any atom is 0.265 e. The number of likely N-dealkylation sites (N-methyl/N-ethyl adjacent to an activating group) is 1. The molecule has 2 N–H and O–H groups in total. The molecule has 0 saturated heterocycles. The van der Waals surface area contributed by atoms with Gasteiger partial charge in [-0.1, -0.05) is 6.07 Å². The second-order valence-corrected chi connectivity index (χ2v) is 8.85. The predicted octanol–water partition coefficient (Wildman–Crippen LogP) is 1.68. The van der Waals surface area contributed by atoms with Crippen molar-refractivity contribution in [1.82, 2.24) is 9.29 Å². The molecule has 0 unspecified atom stereocenters. The number of fused-ring (bicyclic) bond motifs is 1. The Balaban J connectivity index is 1.80. The summed E-state index contributed by atoms with van der Waals surface area (Å²) in [5, 5.41) is 5.26. The van der Waals surface area contributed by atoms with E-state index < -0.39 is 22.0 Å². The maximum absolute atomic E-state index is 13.0. The van der Waals surface area contributed by atoms with Crippen molar-refractivity contribution in [3.05, 3.63) is 41.6 Å². The van der Waals surface area contributed by atoms with E-state index in [4.69, 9.17) is 4.74 Å². The molecule has 29 heavy (non-hydrogen) atoms. The van der Waals surface area contributed by atoms with Crippen molar-refractivity contribution in [3.63, 3.8) is 0 Å². The molecule has 9 nitrogen and oxygen atoms in total. The van der Waals surface area contributed by atoms with E-state index in [0.717, 1.165) is 10.00 Å². The maximum atomic E-state index is 13.0. The molecular weight excluding hydrogens is 396 g/mol. The first-order valence-electron chi connectivity index (χ1n) is 8.90. The number of hydrogen-bond donors (Lipinski definition) is 2. The molecule has 154 valence electrons. The number of nitrogens with one attached hydrogen (secondary N) is 2. The molecule has 1 aromatic heterocycles. The molecule has 0 fully saturated rings. The van der Waals surface area contributed by atoms with Crippen LogP contribution in [0.4, 0.5) is 11.5 Å². The monoisotopic (exact) mass is 418 g/mol. The molecule has 0 aliphatic carbocycles. The fraction of sp³-hybridized carbons (Fsp3) is 0.316. The van der Waals surface area contributed by atoms with E-state index in [1.807, 2.05) is 0 Å². The average molecular weight is 418 g/mol. The first-order chi connectivity index (χ1) is 13.6. The van der Waals surface area contributed by atoms with Crippen molar-refractivity contribution in [2.24, 2.45) is 0 Å². The number of sulfonamides is 1. The van der Waals surface area contributed by atoms with E-state index in [0.29, 0.717) is 17.1 Å². The summed E-state index contributed by atoms with van der Waals surface area (Å²) >= 11 is 0. The van der Waals surface area contributed by atoms with Gasteiger partial charge in [0.2, 0.25) is 15.9 Å². The Morgan fingerprint density at radius 2 is 2.03 bits per heavy atom. The summed E-state index contributed by atoms with van der Waals surface area (Å²) in [5.74, 6) is -0.194. The van der Waals surface area contributed by atoms with Gasteiger partial charge in [-0.25, -0.2) is 13.4 Å². The topological polar surface area (TPSA) is 118 Å². The number of amides is 2. The highest BCUT2D eigenvalue weighted by Gasteiger charge is 2.30. The number of aryl methyl sites for hydroxylation is 2. The summed E-state index contributed by atoms with van der Waals surface area (Å²) in [6.07, 6.45) is -0.730. The number of aromatic nitrogens is 1. The summed E-state index contributed by atoms with van der Waals surface area (Å²) in [6, 6.07) is 8.06. The minimum Gasteiger partial charge on any atom is -0.479 e. The molecule has 0 spiro atoms.